The lowest BCUT2D eigenvalue weighted by Gasteiger charge is -2.10. The summed E-state index contributed by atoms with van der Waals surface area (Å²) in [5.74, 6) is -3.16. The predicted octanol–water partition coefficient (Wildman–Crippen LogP) is 4.02. The fourth-order valence-electron chi connectivity index (χ4n) is 1.91. The van der Waals surface area contributed by atoms with E-state index in [-0.39, 0.29) is 0 Å². The third-order valence-electron chi connectivity index (χ3n) is 3.24. The van der Waals surface area contributed by atoms with E-state index in [1.807, 2.05) is 0 Å². The van der Waals surface area contributed by atoms with E-state index in [1.165, 1.54) is 19.1 Å². The largest absolute Gasteiger partial charge is 0.319 e. The van der Waals surface area contributed by atoms with Crippen LogP contribution in [0.25, 0.3) is 0 Å². The Morgan fingerprint density at radius 3 is 1.87 bits per heavy atom. The Kier molecular flexibility index (Phi) is 5.53. The first-order valence-electron chi connectivity index (χ1n) is 6.79. The van der Waals surface area contributed by atoms with E-state index in [0.29, 0.717) is 21.3 Å². The molecule has 0 aliphatic heterocycles. The summed E-state index contributed by atoms with van der Waals surface area (Å²) >= 11 is 11.5. The zero-order valence-electron chi connectivity index (χ0n) is 12.2. The molecule has 0 radical (unpaired) electrons. The summed E-state index contributed by atoms with van der Waals surface area (Å²) < 4.78 is 0. The van der Waals surface area contributed by atoms with Crippen LogP contribution in [0, 0.1) is 5.92 Å². The third-order valence-corrected chi connectivity index (χ3v) is 3.75. The average molecular weight is 350 g/mol. The van der Waals surface area contributed by atoms with Gasteiger partial charge < -0.3 is 5.32 Å². The van der Waals surface area contributed by atoms with Gasteiger partial charge in [0.1, 0.15) is 0 Å². The van der Waals surface area contributed by atoms with Gasteiger partial charge >= 0.3 is 0 Å². The number of amides is 1. The summed E-state index contributed by atoms with van der Waals surface area (Å²) in [5.41, 5.74) is 0.758. The molecule has 6 heteroatoms. The number of Topliss-reactive ketones (excluding diaryl/α,β-unsaturated/α-hetero) is 2. The number of rotatable bonds is 5. The van der Waals surface area contributed by atoms with Gasteiger partial charge in [-0.25, -0.2) is 0 Å². The molecule has 4 nitrogen and oxygen atoms in total. The van der Waals surface area contributed by atoms with Crippen molar-refractivity contribution in [2.75, 3.05) is 5.32 Å². The normalized spacial score (nSPS) is 11.6. The number of anilines is 1. The lowest BCUT2D eigenvalue weighted by Crippen LogP contribution is -2.32. The summed E-state index contributed by atoms with van der Waals surface area (Å²) in [4.78, 5) is 36.3. The van der Waals surface area contributed by atoms with Crippen molar-refractivity contribution in [1.82, 2.24) is 0 Å². The quantitative estimate of drug-likeness (QED) is 0.503. The molecule has 0 bridgehead atoms. The monoisotopic (exact) mass is 349 g/mol. The Morgan fingerprint density at radius 1 is 0.870 bits per heavy atom. The number of hydrogen-bond donors (Lipinski definition) is 1. The average Bonchev–Trinajstić information content (AvgIpc) is 2.55. The Morgan fingerprint density at radius 2 is 1.35 bits per heavy atom. The molecule has 0 fully saturated rings. The van der Waals surface area contributed by atoms with Crippen LogP contribution in [0.3, 0.4) is 0 Å². The summed E-state index contributed by atoms with van der Waals surface area (Å²) in [5, 5.41) is 3.45. The number of hydrogen-bond acceptors (Lipinski definition) is 3. The number of carbonyl (C=O) groups excluding carboxylic acids is 3. The van der Waals surface area contributed by atoms with E-state index in [0.717, 1.165) is 0 Å². The van der Waals surface area contributed by atoms with Gasteiger partial charge in [-0.15, -0.1) is 0 Å². The van der Waals surface area contributed by atoms with E-state index in [2.05, 4.69) is 5.32 Å². The molecular formula is C17H13Cl2NO3. The lowest BCUT2D eigenvalue weighted by atomic mass is 9.95. The molecule has 2 rings (SSSR count). The summed E-state index contributed by atoms with van der Waals surface area (Å²) in [7, 11) is 0. The minimum absolute atomic E-state index is 0.328. The highest BCUT2D eigenvalue weighted by Gasteiger charge is 2.28. The van der Waals surface area contributed by atoms with Crippen molar-refractivity contribution < 1.29 is 14.4 Å². The van der Waals surface area contributed by atoms with Crippen molar-refractivity contribution in [2.45, 2.75) is 6.92 Å². The van der Waals surface area contributed by atoms with Crippen LogP contribution in [-0.4, -0.2) is 17.5 Å². The highest BCUT2D eigenvalue weighted by molar-refractivity contribution is 6.45. The molecule has 0 aromatic heterocycles. The van der Waals surface area contributed by atoms with Crippen LogP contribution >= 0.6 is 23.2 Å². The van der Waals surface area contributed by atoms with Gasteiger partial charge in [-0.1, -0.05) is 23.2 Å². The van der Waals surface area contributed by atoms with Gasteiger partial charge in [0.15, 0.2) is 5.78 Å². The number of carbonyl (C=O) groups is 3. The molecule has 0 spiro atoms. The maximum atomic E-state index is 12.2. The van der Waals surface area contributed by atoms with E-state index >= 15 is 0 Å². The Labute approximate surface area is 143 Å². The smallest absolute Gasteiger partial charge is 0.292 e. The van der Waals surface area contributed by atoms with Crippen molar-refractivity contribution in [3.05, 3.63) is 64.1 Å². The van der Waals surface area contributed by atoms with Gasteiger partial charge in [-0.3, -0.25) is 14.4 Å². The van der Waals surface area contributed by atoms with Crippen LogP contribution < -0.4 is 5.32 Å². The van der Waals surface area contributed by atoms with Crippen LogP contribution in [0.15, 0.2) is 48.5 Å². The molecule has 1 atom stereocenters. The van der Waals surface area contributed by atoms with Crippen LogP contribution in [0.4, 0.5) is 5.69 Å². The highest BCUT2D eigenvalue weighted by atomic mass is 35.5. The summed E-state index contributed by atoms with van der Waals surface area (Å²) in [6, 6.07) is 12.5. The first-order chi connectivity index (χ1) is 10.9. The molecule has 1 amide bonds. The van der Waals surface area contributed by atoms with Crippen LogP contribution in [0.2, 0.25) is 10.0 Å². The number of halogens is 2. The minimum atomic E-state index is -1.08. The molecule has 0 heterocycles. The lowest BCUT2D eigenvalue weighted by molar-refractivity contribution is -0.136. The zero-order valence-corrected chi connectivity index (χ0v) is 13.7. The second-order valence-electron chi connectivity index (χ2n) is 4.92. The molecule has 0 aliphatic carbocycles. The first kappa shape index (κ1) is 17.2. The third kappa shape index (κ3) is 4.41. The van der Waals surface area contributed by atoms with Crippen molar-refractivity contribution in [2.24, 2.45) is 5.92 Å². The number of ketones is 2. The summed E-state index contributed by atoms with van der Waals surface area (Å²) in [6.45, 7) is 1.40. The maximum Gasteiger partial charge on any atom is 0.292 e. The molecule has 1 N–H and O–H groups in total. The zero-order chi connectivity index (χ0) is 17.0. The van der Waals surface area contributed by atoms with Crippen LogP contribution in [-0.2, 0) is 9.59 Å². The second kappa shape index (κ2) is 7.40. The fourth-order valence-corrected chi connectivity index (χ4v) is 2.16. The Balaban J connectivity index is 2.06. The van der Waals surface area contributed by atoms with E-state index in [1.54, 1.807) is 36.4 Å². The van der Waals surface area contributed by atoms with Gasteiger partial charge in [0.25, 0.3) is 5.91 Å². The van der Waals surface area contributed by atoms with E-state index in [9.17, 15) is 14.4 Å². The van der Waals surface area contributed by atoms with Crippen molar-refractivity contribution in [3.63, 3.8) is 0 Å². The molecular weight excluding hydrogens is 337 g/mol. The Hall–Kier alpha value is -2.17. The fraction of sp³-hybridized carbons (Fsp3) is 0.118. The standard InChI is InChI=1S/C17H13Cl2NO3/c1-10(15(21)11-2-4-12(18)5-3-11)16(22)17(23)20-14-8-6-13(19)7-9-14/h2-10H,1H3,(H,20,23)/t10-/m0/s1. The van der Waals surface area contributed by atoms with Crippen molar-refractivity contribution in [1.29, 1.82) is 0 Å². The molecule has 0 unspecified atom stereocenters. The van der Waals surface area contributed by atoms with Crippen molar-refractivity contribution >= 4 is 46.4 Å². The van der Waals surface area contributed by atoms with Gasteiger partial charge in [0.2, 0.25) is 5.78 Å². The Bertz CT molecular complexity index is 739. The minimum Gasteiger partial charge on any atom is -0.319 e. The molecule has 23 heavy (non-hydrogen) atoms. The SMILES string of the molecule is C[C@H](C(=O)C(=O)Nc1ccc(Cl)cc1)C(=O)c1ccc(Cl)cc1. The molecule has 0 saturated carbocycles. The molecule has 2 aromatic rings. The van der Waals surface area contributed by atoms with Gasteiger partial charge in [-0.2, -0.15) is 0 Å². The van der Waals surface area contributed by atoms with E-state index < -0.39 is 23.4 Å². The molecule has 0 saturated heterocycles. The maximum absolute atomic E-state index is 12.2. The van der Waals surface area contributed by atoms with Crippen LogP contribution in [0.5, 0.6) is 0 Å². The first-order valence-corrected chi connectivity index (χ1v) is 7.54. The highest BCUT2D eigenvalue weighted by Crippen LogP contribution is 2.16. The second-order valence-corrected chi connectivity index (χ2v) is 5.79. The number of benzene rings is 2. The molecule has 2 aromatic carbocycles. The predicted molar refractivity (Wildman–Crippen MR) is 90.0 cm³/mol. The molecule has 0 aliphatic rings. The topological polar surface area (TPSA) is 63.2 Å². The number of nitrogens with one attached hydrogen (secondary N) is 1. The van der Waals surface area contributed by atoms with Gasteiger partial charge in [0, 0.05) is 21.3 Å². The van der Waals surface area contributed by atoms with E-state index in [4.69, 9.17) is 23.2 Å². The van der Waals surface area contributed by atoms with Crippen LogP contribution in [0.1, 0.15) is 17.3 Å². The summed E-state index contributed by atoms with van der Waals surface area (Å²) in [6.07, 6.45) is 0. The van der Waals surface area contributed by atoms with Gasteiger partial charge in [0.05, 0.1) is 5.92 Å². The van der Waals surface area contributed by atoms with Crippen molar-refractivity contribution in [3.8, 4) is 0 Å². The van der Waals surface area contributed by atoms with Gasteiger partial charge in [-0.05, 0) is 55.5 Å². The molecule has 118 valence electrons.